The lowest BCUT2D eigenvalue weighted by Gasteiger charge is -2.04. The molecule has 0 saturated heterocycles. The summed E-state index contributed by atoms with van der Waals surface area (Å²) in [7, 11) is 1.69. The van der Waals surface area contributed by atoms with Crippen molar-refractivity contribution in [2.24, 2.45) is 0 Å². The number of benzene rings is 2. The Morgan fingerprint density at radius 2 is 1.90 bits per heavy atom. The van der Waals surface area contributed by atoms with Crippen LogP contribution in [0.3, 0.4) is 0 Å². The van der Waals surface area contributed by atoms with Crippen LogP contribution in [0.5, 0.6) is 0 Å². The van der Waals surface area contributed by atoms with Crippen LogP contribution in [-0.2, 0) is 17.9 Å². The Morgan fingerprint density at radius 3 is 2.71 bits per heavy atom. The van der Waals surface area contributed by atoms with E-state index in [9.17, 15) is 5.11 Å². The van der Waals surface area contributed by atoms with Gasteiger partial charge in [-0.2, -0.15) is 5.10 Å². The maximum absolute atomic E-state index is 9.18. The predicted molar refractivity (Wildman–Crippen MR) is 83.0 cm³/mol. The zero-order chi connectivity index (χ0) is 14.7. The average Bonchev–Trinajstić information content (AvgIpc) is 3.00. The third kappa shape index (κ3) is 2.96. The molecule has 1 heterocycles. The number of hydrogen-bond donors (Lipinski definition) is 1. The molecule has 0 spiro atoms. The van der Waals surface area contributed by atoms with Crippen LogP contribution in [0.4, 0.5) is 0 Å². The summed E-state index contributed by atoms with van der Waals surface area (Å²) in [5, 5.41) is 15.8. The van der Waals surface area contributed by atoms with Crippen molar-refractivity contribution in [3.05, 3.63) is 54.4 Å². The Labute approximate surface area is 123 Å². The Kier molecular flexibility index (Phi) is 3.99. The molecule has 108 valence electrons. The Bertz CT molecular complexity index is 749. The van der Waals surface area contributed by atoms with E-state index in [1.807, 2.05) is 35.3 Å². The molecule has 0 amide bonds. The van der Waals surface area contributed by atoms with Gasteiger partial charge in [0.1, 0.15) is 0 Å². The van der Waals surface area contributed by atoms with Crippen LogP contribution < -0.4 is 0 Å². The molecule has 3 aromatic rings. The number of ether oxygens (including phenoxy) is 1. The minimum absolute atomic E-state index is 0.0734. The zero-order valence-electron chi connectivity index (χ0n) is 12.0. The number of fused-ring (bicyclic) bond motifs is 1. The monoisotopic (exact) mass is 282 g/mol. The first-order valence-corrected chi connectivity index (χ1v) is 6.95. The van der Waals surface area contributed by atoms with Gasteiger partial charge < -0.3 is 9.84 Å². The lowest BCUT2D eigenvalue weighted by atomic mass is 10.0. The first-order valence-electron chi connectivity index (χ1n) is 6.95. The van der Waals surface area contributed by atoms with Crippen molar-refractivity contribution in [2.75, 3.05) is 13.7 Å². The summed E-state index contributed by atoms with van der Waals surface area (Å²) < 4.78 is 6.95. The van der Waals surface area contributed by atoms with Gasteiger partial charge in [-0.3, -0.25) is 4.68 Å². The van der Waals surface area contributed by atoms with E-state index in [2.05, 4.69) is 23.3 Å². The highest BCUT2D eigenvalue weighted by Crippen LogP contribution is 2.25. The second kappa shape index (κ2) is 6.08. The van der Waals surface area contributed by atoms with Gasteiger partial charge in [0.2, 0.25) is 0 Å². The highest BCUT2D eigenvalue weighted by Gasteiger charge is 2.04. The van der Waals surface area contributed by atoms with Crippen molar-refractivity contribution in [3.8, 4) is 11.1 Å². The van der Waals surface area contributed by atoms with Crippen LogP contribution in [0, 0.1) is 0 Å². The van der Waals surface area contributed by atoms with Gasteiger partial charge in [0.15, 0.2) is 0 Å². The zero-order valence-corrected chi connectivity index (χ0v) is 12.0. The van der Waals surface area contributed by atoms with Gasteiger partial charge in [-0.1, -0.05) is 24.3 Å². The van der Waals surface area contributed by atoms with Crippen LogP contribution in [0.1, 0.15) is 5.56 Å². The van der Waals surface area contributed by atoms with Crippen molar-refractivity contribution >= 4 is 10.8 Å². The molecule has 4 nitrogen and oxygen atoms in total. The number of aliphatic hydroxyl groups excluding tert-OH is 1. The molecule has 2 aromatic carbocycles. The second-order valence-electron chi connectivity index (χ2n) is 5.04. The molecule has 1 N–H and O–H groups in total. The first-order chi connectivity index (χ1) is 10.3. The highest BCUT2D eigenvalue weighted by molar-refractivity contribution is 5.87. The van der Waals surface area contributed by atoms with Crippen LogP contribution in [0.15, 0.2) is 48.8 Å². The van der Waals surface area contributed by atoms with Crippen LogP contribution in [-0.4, -0.2) is 28.6 Å². The largest absolute Gasteiger partial charge is 0.392 e. The fourth-order valence-electron chi connectivity index (χ4n) is 2.39. The summed E-state index contributed by atoms with van der Waals surface area (Å²) in [6, 6.07) is 12.3. The molecule has 0 aliphatic rings. The fraction of sp³-hybridized carbons (Fsp3) is 0.235. The van der Waals surface area contributed by atoms with E-state index < -0.39 is 0 Å². The van der Waals surface area contributed by atoms with E-state index >= 15 is 0 Å². The van der Waals surface area contributed by atoms with Crippen molar-refractivity contribution in [3.63, 3.8) is 0 Å². The normalized spacial score (nSPS) is 11.1. The van der Waals surface area contributed by atoms with Crippen molar-refractivity contribution in [2.45, 2.75) is 13.2 Å². The molecule has 4 heteroatoms. The Morgan fingerprint density at radius 1 is 1.10 bits per heavy atom. The molecule has 21 heavy (non-hydrogen) atoms. The fourth-order valence-corrected chi connectivity index (χ4v) is 2.39. The van der Waals surface area contributed by atoms with E-state index in [1.54, 1.807) is 7.11 Å². The van der Waals surface area contributed by atoms with E-state index in [0.29, 0.717) is 6.61 Å². The number of nitrogens with zero attached hydrogens (tertiary/aromatic N) is 2. The van der Waals surface area contributed by atoms with Gasteiger partial charge in [0.05, 0.1) is 26.0 Å². The lowest BCUT2D eigenvalue weighted by molar-refractivity contribution is 0.183. The van der Waals surface area contributed by atoms with E-state index in [1.165, 1.54) is 0 Å². The maximum Gasteiger partial charge on any atom is 0.0682 e. The molecule has 0 aliphatic carbocycles. The quantitative estimate of drug-likeness (QED) is 0.782. The van der Waals surface area contributed by atoms with Crippen LogP contribution in [0.25, 0.3) is 21.9 Å². The van der Waals surface area contributed by atoms with Crippen molar-refractivity contribution in [1.82, 2.24) is 9.78 Å². The van der Waals surface area contributed by atoms with E-state index in [-0.39, 0.29) is 6.61 Å². The lowest BCUT2D eigenvalue weighted by Crippen LogP contribution is -2.03. The Hall–Kier alpha value is -2.17. The molecule has 0 saturated carbocycles. The number of aromatic nitrogens is 2. The van der Waals surface area contributed by atoms with E-state index in [0.717, 1.165) is 34.0 Å². The maximum atomic E-state index is 9.18. The molecular weight excluding hydrogens is 264 g/mol. The number of aliphatic hydroxyl groups is 1. The summed E-state index contributed by atoms with van der Waals surface area (Å²) in [6.07, 6.45) is 3.90. The molecule has 0 radical (unpaired) electrons. The highest BCUT2D eigenvalue weighted by atomic mass is 16.5. The van der Waals surface area contributed by atoms with Crippen molar-refractivity contribution in [1.29, 1.82) is 0 Å². The molecule has 0 fully saturated rings. The number of hydrogen-bond acceptors (Lipinski definition) is 3. The van der Waals surface area contributed by atoms with Crippen molar-refractivity contribution < 1.29 is 9.84 Å². The summed E-state index contributed by atoms with van der Waals surface area (Å²) in [4.78, 5) is 0. The number of rotatable bonds is 5. The topological polar surface area (TPSA) is 47.3 Å². The molecule has 1 aromatic heterocycles. The summed E-state index contributed by atoms with van der Waals surface area (Å²) in [5.74, 6) is 0. The molecular formula is C17H18N2O2. The van der Waals surface area contributed by atoms with Gasteiger partial charge in [0, 0.05) is 18.9 Å². The first kappa shape index (κ1) is 13.8. The third-order valence-corrected chi connectivity index (χ3v) is 3.58. The van der Waals surface area contributed by atoms with Gasteiger partial charge >= 0.3 is 0 Å². The summed E-state index contributed by atoms with van der Waals surface area (Å²) in [6.45, 7) is 1.48. The van der Waals surface area contributed by atoms with Crippen LogP contribution >= 0.6 is 0 Å². The average molecular weight is 282 g/mol. The van der Waals surface area contributed by atoms with E-state index in [4.69, 9.17) is 4.74 Å². The Balaban J connectivity index is 1.91. The predicted octanol–water partition coefficient (Wildman–Crippen LogP) is 2.84. The molecule has 0 aliphatic heterocycles. The van der Waals surface area contributed by atoms with Gasteiger partial charge in [-0.05, 0) is 34.0 Å². The minimum atomic E-state index is 0.0734. The summed E-state index contributed by atoms with van der Waals surface area (Å²) >= 11 is 0. The molecule has 3 rings (SSSR count). The molecule has 0 atom stereocenters. The van der Waals surface area contributed by atoms with Gasteiger partial charge in [0.25, 0.3) is 0 Å². The third-order valence-electron chi connectivity index (χ3n) is 3.58. The number of methoxy groups -OCH3 is 1. The SMILES string of the molecule is COCCn1cc(-c2ccc3cc(CO)ccc3c2)cn1. The molecule has 0 bridgehead atoms. The molecule has 0 unspecified atom stereocenters. The minimum Gasteiger partial charge on any atom is -0.392 e. The smallest absolute Gasteiger partial charge is 0.0682 e. The standard InChI is InChI=1S/C17H18N2O2/c1-21-7-6-19-11-17(10-18-19)16-5-4-14-8-13(12-20)2-3-15(14)9-16/h2-5,8-11,20H,6-7,12H2,1H3. The van der Waals surface area contributed by atoms with Crippen LogP contribution in [0.2, 0.25) is 0 Å². The van der Waals surface area contributed by atoms with Gasteiger partial charge in [-0.15, -0.1) is 0 Å². The second-order valence-corrected chi connectivity index (χ2v) is 5.04. The summed E-state index contributed by atoms with van der Waals surface area (Å²) in [5.41, 5.74) is 3.17. The van der Waals surface area contributed by atoms with Gasteiger partial charge in [-0.25, -0.2) is 0 Å².